The maximum Gasteiger partial charge on any atom is 0.321 e. The molecule has 28 heavy (non-hydrogen) atoms. The third-order valence-electron chi connectivity index (χ3n) is 4.75. The molecule has 0 saturated carbocycles. The Bertz CT molecular complexity index is 871. The minimum absolute atomic E-state index is 0.303. The van der Waals surface area contributed by atoms with Gasteiger partial charge < -0.3 is 15.3 Å². The molecule has 1 aromatic carbocycles. The summed E-state index contributed by atoms with van der Waals surface area (Å²) in [6, 6.07) is 5.47. The molecule has 148 valence electrons. The Morgan fingerprint density at radius 3 is 2.93 bits per heavy atom. The molecule has 0 atom stereocenters. The average Bonchev–Trinajstić information content (AvgIpc) is 3.12. The van der Waals surface area contributed by atoms with E-state index in [9.17, 15) is 14.3 Å². The van der Waals surface area contributed by atoms with Gasteiger partial charge in [-0.3, -0.25) is 4.90 Å². The standard InChI is InChI=1S/C20H23FN4O2S/c1-3-9-24(2)13-18-23-17(14-28-18)20(27)7-10-25(11-8-20)19(26)22-16-6-4-5-15(21)12-16/h1,4-6,12,14,27H,7-11,13H2,2H3,(H,22,26). The molecule has 2 heterocycles. The Morgan fingerprint density at radius 1 is 1.50 bits per heavy atom. The van der Waals surface area contributed by atoms with Crippen molar-refractivity contribution in [2.75, 3.05) is 32.0 Å². The summed E-state index contributed by atoms with van der Waals surface area (Å²) in [6.45, 7) is 1.95. The summed E-state index contributed by atoms with van der Waals surface area (Å²) in [5.41, 5.74) is 0.00702. The van der Waals surface area contributed by atoms with E-state index < -0.39 is 11.4 Å². The van der Waals surface area contributed by atoms with Crippen LogP contribution >= 0.6 is 11.3 Å². The second-order valence-electron chi connectivity index (χ2n) is 6.96. The lowest BCUT2D eigenvalue weighted by Gasteiger charge is -2.37. The van der Waals surface area contributed by atoms with Crippen molar-refractivity contribution < 1.29 is 14.3 Å². The van der Waals surface area contributed by atoms with Crippen molar-refractivity contribution in [3.63, 3.8) is 0 Å². The minimum Gasteiger partial charge on any atom is -0.383 e. The van der Waals surface area contributed by atoms with Gasteiger partial charge in [0, 0.05) is 24.2 Å². The van der Waals surface area contributed by atoms with E-state index >= 15 is 0 Å². The van der Waals surface area contributed by atoms with Crippen molar-refractivity contribution in [1.82, 2.24) is 14.8 Å². The molecule has 6 nitrogen and oxygen atoms in total. The molecule has 8 heteroatoms. The number of rotatable bonds is 5. The number of hydrogen-bond donors (Lipinski definition) is 2. The highest BCUT2D eigenvalue weighted by Gasteiger charge is 2.37. The molecular weight excluding hydrogens is 379 g/mol. The third-order valence-corrected chi connectivity index (χ3v) is 5.58. The van der Waals surface area contributed by atoms with Crippen LogP contribution < -0.4 is 5.32 Å². The molecule has 0 unspecified atom stereocenters. The van der Waals surface area contributed by atoms with Crippen LogP contribution in [0.25, 0.3) is 0 Å². The molecule has 2 aromatic rings. The zero-order valence-corrected chi connectivity index (χ0v) is 16.5. The molecule has 0 radical (unpaired) electrons. The minimum atomic E-state index is -1.05. The van der Waals surface area contributed by atoms with Crippen LogP contribution in [-0.4, -0.2) is 52.6 Å². The Morgan fingerprint density at radius 2 is 2.25 bits per heavy atom. The number of hydrogen-bond acceptors (Lipinski definition) is 5. The number of halogens is 1. The number of carbonyl (C=O) groups is 1. The van der Waals surface area contributed by atoms with E-state index in [1.165, 1.54) is 23.5 Å². The van der Waals surface area contributed by atoms with Gasteiger partial charge in [0.1, 0.15) is 16.4 Å². The van der Waals surface area contributed by atoms with Crippen LogP contribution in [0.15, 0.2) is 29.6 Å². The first kappa shape index (κ1) is 20.3. The maximum atomic E-state index is 13.3. The van der Waals surface area contributed by atoms with Gasteiger partial charge in [-0.05, 0) is 38.1 Å². The first-order valence-electron chi connectivity index (χ1n) is 9.00. The number of piperidine rings is 1. The molecule has 1 fully saturated rings. The van der Waals surface area contributed by atoms with E-state index in [4.69, 9.17) is 6.42 Å². The molecule has 1 aromatic heterocycles. The molecule has 2 amide bonds. The molecule has 0 spiro atoms. The quantitative estimate of drug-likeness (QED) is 0.755. The Hall–Kier alpha value is -2.47. The van der Waals surface area contributed by atoms with Gasteiger partial charge in [0.15, 0.2) is 0 Å². The van der Waals surface area contributed by atoms with Crippen molar-refractivity contribution in [2.24, 2.45) is 0 Å². The van der Waals surface area contributed by atoms with Gasteiger partial charge in [0.05, 0.1) is 18.8 Å². The molecule has 0 aliphatic carbocycles. The fraction of sp³-hybridized carbons (Fsp3) is 0.400. The maximum absolute atomic E-state index is 13.3. The lowest BCUT2D eigenvalue weighted by atomic mass is 9.89. The monoisotopic (exact) mass is 402 g/mol. The molecular formula is C20H23FN4O2S. The number of anilines is 1. The third kappa shape index (κ3) is 4.87. The van der Waals surface area contributed by atoms with Crippen LogP contribution in [0.2, 0.25) is 0 Å². The number of aliphatic hydroxyl groups is 1. The Balaban J connectivity index is 1.57. The van der Waals surface area contributed by atoms with E-state index in [-0.39, 0.29) is 6.03 Å². The van der Waals surface area contributed by atoms with Crippen LogP contribution in [0.5, 0.6) is 0 Å². The smallest absolute Gasteiger partial charge is 0.321 e. The number of benzene rings is 1. The van der Waals surface area contributed by atoms with Gasteiger partial charge in [-0.15, -0.1) is 17.8 Å². The summed E-state index contributed by atoms with van der Waals surface area (Å²) in [6.07, 6.45) is 6.11. The van der Waals surface area contributed by atoms with Crippen LogP contribution in [0.4, 0.5) is 14.9 Å². The first-order chi connectivity index (χ1) is 13.4. The number of likely N-dealkylation sites (tertiary alicyclic amines) is 1. The van der Waals surface area contributed by atoms with E-state index in [0.717, 1.165) is 5.01 Å². The second kappa shape index (κ2) is 8.69. The summed E-state index contributed by atoms with van der Waals surface area (Å²) < 4.78 is 13.3. The van der Waals surface area contributed by atoms with E-state index in [0.29, 0.717) is 50.4 Å². The van der Waals surface area contributed by atoms with Gasteiger partial charge in [0.25, 0.3) is 0 Å². The molecule has 3 rings (SSSR count). The van der Waals surface area contributed by atoms with Crippen LogP contribution in [-0.2, 0) is 12.1 Å². The van der Waals surface area contributed by atoms with Gasteiger partial charge in [-0.1, -0.05) is 12.0 Å². The molecule has 1 aliphatic rings. The summed E-state index contributed by atoms with van der Waals surface area (Å²) >= 11 is 1.50. The highest BCUT2D eigenvalue weighted by atomic mass is 32.1. The van der Waals surface area contributed by atoms with Crippen molar-refractivity contribution in [2.45, 2.75) is 25.0 Å². The predicted molar refractivity (Wildman–Crippen MR) is 107 cm³/mol. The van der Waals surface area contributed by atoms with Crippen molar-refractivity contribution in [3.05, 3.63) is 46.2 Å². The van der Waals surface area contributed by atoms with Gasteiger partial charge in [-0.25, -0.2) is 14.2 Å². The van der Waals surface area contributed by atoms with Crippen LogP contribution in [0.3, 0.4) is 0 Å². The highest BCUT2D eigenvalue weighted by Crippen LogP contribution is 2.33. The van der Waals surface area contributed by atoms with Crippen molar-refractivity contribution >= 4 is 23.1 Å². The lowest BCUT2D eigenvalue weighted by molar-refractivity contribution is -0.0189. The number of nitrogens with one attached hydrogen (secondary N) is 1. The molecule has 1 aliphatic heterocycles. The number of carbonyl (C=O) groups excluding carboxylic acids is 1. The summed E-state index contributed by atoms with van der Waals surface area (Å²) in [5.74, 6) is 2.19. The summed E-state index contributed by atoms with van der Waals surface area (Å²) in [5, 5.41) is 16.5. The van der Waals surface area contributed by atoms with Gasteiger partial charge in [-0.2, -0.15) is 0 Å². The predicted octanol–water partition coefficient (Wildman–Crippen LogP) is 2.86. The number of terminal acetylenes is 1. The Labute approximate surface area is 168 Å². The topological polar surface area (TPSA) is 68.7 Å². The fourth-order valence-electron chi connectivity index (χ4n) is 3.14. The lowest BCUT2D eigenvalue weighted by Crippen LogP contribution is -2.46. The normalized spacial score (nSPS) is 16.0. The second-order valence-corrected chi connectivity index (χ2v) is 7.90. The van der Waals surface area contributed by atoms with E-state index in [1.54, 1.807) is 17.0 Å². The van der Waals surface area contributed by atoms with E-state index in [2.05, 4.69) is 16.2 Å². The number of thiazole rings is 1. The number of urea groups is 1. The largest absolute Gasteiger partial charge is 0.383 e. The average molecular weight is 402 g/mol. The van der Waals surface area contributed by atoms with Gasteiger partial charge in [0.2, 0.25) is 0 Å². The zero-order valence-electron chi connectivity index (χ0n) is 15.7. The SMILES string of the molecule is C#CCN(C)Cc1nc(C2(O)CCN(C(=O)Nc3cccc(F)c3)CC2)cs1. The molecule has 2 N–H and O–H groups in total. The zero-order chi connectivity index (χ0) is 20.1. The van der Waals surface area contributed by atoms with Crippen LogP contribution in [0.1, 0.15) is 23.5 Å². The number of nitrogens with zero attached hydrogens (tertiary/aromatic N) is 3. The number of amides is 2. The van der Waals surface area contributed by atoms with E-state index in [1.807, 2.05) is 17.3 Å². The Kier molecular flexibility index (Phi) is 6.29. The molecule has 1 saturated heterocycles. The van der Waals surface area contributed by atoms with Gasteiger partial charge >= 0.3 is 6.03 Å². The van der Waals surface area contributed by atoms with Crippen molar-refractivity contribution in [3.8, 4) is 12.3 Å². The van der Waals surface area contributed by atoms with Crippen LogP contribution in [0, 0.1) is 18.2 Å². The number of aromatic nitrogens is 1. The fourth-order valence-corrected chi connectivity index (χ4v) is 4.11. The summed E-state index contributed by atoms with van der Waals surface area (Å²) in [4.78, 5) is 20.6. The summed E-state index contributed by atoms with van der Waals surface area (Å²) in [7, 11) is 1.92. The molecule has 0 bridgehead atoms. The van der Waals surface area contributed by atoms with Crippen molar-refractivity contribution in [1.29, 1.82) is 0 Å². The first-order valence-corrected chi connectivity index (χ1v) is 9.88. The highest BCUT2D eigenvalue weighted by molar-refractivity contribution is 7.09.